The lowest BCUT2D eigenvalue weighted by atomic mass is 10.3. The van der Waals surface area contributed by atoms with Crippen LogP contribution in [0.2, 0.25) is 0 Å². The quantitative estimate of drug-likeness (QED) is 0.557. The Kier molecular flexibility index (Phi) is 7.17. The van der Waals surface area contributed by atoms with E-state index in [2.05, 4.69) is 0 Å². The molecule has 1 atom stereocenters. The van der Waals surface area contributed by atoms with Crippen LogP contribution in [0.4, 0.5) is 0 Å². The van der Waals surface area contributed by atoms with E-state index in [0.29, 0.717) is 6.61 Å². The van der Waals surface area contributed by atoms with Gasteiger partial charge in [-0.15, -0.1) is 12.4 Å². The molecular weight excluding hydrogens is 195 g/mol. The van der Waals surface area contributed by atoms with Crippen LogP contribution in [0.15, 0.2) is 30.3 Å². The SMILES string of the molecule is CCOPOc1ccccc1.Cl. The van der Waals surface area contributed by atoms with Gasteiger partial charge in [0.2, 0.25) is 9.03 Å². The fourth-order valence-electron chi connectivity index (χ4n) is 0.625. The second-order valence-electron chi connectivity index (χ2n) is 1.93. The minimum Gasteiger partial charge on any atom is -0.450 e. The van der Waals surface area contributed by atoms with Gasteiger partial charge in [-0.25, -0.2) is 0 Å². The predicted octanol–water partition coefficient (Wildman–Crippen LogP) is 3.03. The summed E-state index contributed by atoms with van der Waals surface area (Å²) in [6.45, 7) is 2.65. The number of para-hydroxylation sites is 1. The molecule has 1 aromatic rings. The lowest BCUT2D eigenvalue weighted by molar-refractivity contribution is 0.351. The summed E-state index contributed by atoms with van der Waals surface area (Å²) in [7, 11) is 0.110. The van der Waals surface area contributed by atoms with E-state index in [4.69, 9.17) is 9.05 Å². The molecule has 0 aromatic heterocycles. The fraction of sp³-hybridized carbons (Fsp3) is 0.250. The Labute approximate surface area is 80.6 Å². The second-order valence-corrected chi connectivity index (χ2v) is 2.59. The zero-order chi connectivity index (χ0) is 7.94. The molecule has 1 aromatic carbocycles. The van der Waals surface area contributed by atoms with Gasteiger partial charge in [-0.05, 0) is 19.1 Å². The van der Waals surface area contributed by atoms with E-state index >= 15 is 0 Å². The normalized spacial score (nSPS) is 9.75. The molecule has 4 heteroatoms. The van der Waals surface area contributed by atoms with E-state index in [0.717, 1.165) is 5.75 Å². The molecule has 0 N–H and O–H groups in total. The molecular formula is C8H12ClO2P. The first-order valence-corrected chi connectivity index (χ1v) is 4.34. The van der Waals surface area contributed by atoms with Gasteiger partial charge < -0.3 is 9.05 Å². The Morgan fingerprint density at radius 3 is 2.50 bits per heavy atom. The maximum Gasteiger partial charge on any atom is 0.215 e. The molecule has 1 rings (SSSR count). The zero-order valence-corrected chi connectivity index (χ0v) is 8.64. The highest BCUT2D eigenvalue weighted by Crippen LogP contribution is 2.19. The van der Waals surface area contributed by atoms with Crippen molar-refractivity contribution in [1.29, 1.82) is 0 Å². The van der Waals surface area contributed by atoms with Crippen molar-refractivity contribution >= 4 is 21.4 Å². The molecule has 0 bridgehead atoms. The van der Waals surface area contributed by atoms with Crippen LogP contribution in [0.1, 0.15) is 6.92 Å². The van der Waals surface area contributed by atoms with Gasteiger partial charge in [-0.2, -0.15) is 0 Å². The Morgan fingerprint density at radius 2 is 1.92 bits per heavy atom. The van der Waals surface area contributed by atoms with E-state index in [9.17, 15) is 0 Å². The first-order chi connectivity index (χ1) is 5.43. The van der Waals surface area contributed by atoms with E-state index in [1.54, 1.807) is 0 Å². The van der Waals surface area contributed by atoms with Crippen LogP contribution in [0.5, 0.6) is 5.75 Å². The Bertz CT molecular complexity index is 194. The molecule has 0 fully saturated rings. The summed E-state index contributed by atoms with van der Waals surface area (Å²) in [6, 6.07) is 9.65. The third-order valence-electron chi connectivity index (χ3n) is 1.11. The molecule has 1 unspecified atom stereocenters. The van der Waals surface area contributed by atoms with Crippen molar-refractivity contribution in [3.8, 4) is 5.75 Å². The number of rotatable bonds is 4. The number of benzene rings is 1. The van der Waals surface area contributed by atoms with Crippen molar-refractivity contribution in [2.75, 3.05) is 6.61 Å². The minimum atomic E-state index is 0. The highest BCUT2D eigenvalue weighted by molar-refractivity contribution is 7.26. The van der Waals surface area contributed by atoms with Crippen molar-refractivity contribution in [2.24, 2.45) is 0 Å². The minimum absolute atomic E-state index is 0. The van der Waals surface area contributed by atoms with Crippen molar-refractivity contribution in [1.82, 2.24) is 0 Å². The van der Waals surface area contributed by atoms with E-state index in [-0.39, 0.29) is 21.4 Å². The van der Waals surface area contributed by atoms with Gasteiger partial charge in [0.1, 0.15) is 5.75 Å². The lowest BCUT2D eigenvalue weighted by Gasteiger charge is -2.02. The molecule has 0 saturated heterocycles. The molecule has 0 spiro atoms. The van der Waals surface area contributed by atoms with Crippen molar-refractivity contribution in [3.63, 3.8) is 0 Å². The van der Waals surface area contributed by atoms with Gasteiger partial charge in [0.25, 0.3) is 0 Å². The molecule has 2 nitrogen and oxygen atoms in total. The molecule has 0 aliphatic carbocycles. The molecule has 0 heterocycles. The highest BCUT2D eigenvalue weighted by Gasteiger charge is 1.88. The van der Waals surface area contributed by atoms with E-state index in [1.807, 2.05) is 37.3 Å². The summed E-state index contributed by atoms with van der Waals surface area (Å²) in [4.78, 5) is 0. The summed E-state index contributed by atoms with van der Waals surface area (Å²) < 4.78 is 10.3. The maximum absolute atomic E-state index is 5.25. The summed E-state index contributed by atoms with van der Waals surface area (Å²) in [6.07, 6.45) is 0. The van der Waals surface area contributed by atoms with Crippen molar-refractivity contribution < 1.29 is 9.05 Å². The van der Waals surface area contributed by atoms with Crippen LogP contribution < -0.4 is 4.52 Å². The number of hydrogen-bond donors (Lipinski definition) is 0. The highest BCUT2D eigenvalue weighted by atomic mass is 35.5. The largest absolute Gasteiger partial charge is 0.450 e. The standard InChI is InChI=1S/C8H11O2P.ClH/c1-2-9-11-10-8-6-4-3-5-7-8;/h3-7,11H,2H2,1H3;1H. The van der Waals surface area contributed by atoms with E-state index in [1.165, 1.54) is 0 Å². The van der Waals surface area contributed by atoms with Gasteiger partial charge in [-0.3, -0.25) is 0 Å². The summed E-state index contributed by atoms with van der Waals surface area (Å²) in [5.41, 5.74) is 0. The van der Waals surface area contributed by atoms with Gasteiger partial charge in [0.15, 0.2) is 0 Å². The van der Waals surface area contributed by atoms with Crippen LogP contribution in [0.25, 0.3) is 0 Å². The molecule has 0 aliphatic heterocycles. The monoisotopic (exact) mass is 206 g/mol. The van der Waals surface area contributed by atoms with Crippen LogP contribution in [0, 0.1) is 0 Å². The van der Waals surface area contributed by atoms with Crippen molar-refractivity contribution in [2.45, 2.75) is 6.92 Å². The molecule has 0 aliphatic rings. The first-order valence-electron chi connectivity index (χ1n) is 3.52. The molecule has 0 amide bonds. The third-order valence-corrected chi connectivity index (χ3v) is 1.83. The van der Waals surface area contributed by atoms with Crippen LogP contribution in [0.3, 0.4) is 0 Å². The summed E-state index contributed by atoms with van der Waals surface area (Å²) in [5.74, 6) is 0.860. The third kappa shape index (κ3) is 4.55. The average Bonchev–Trinajstić information content (AvgIpc) is 2.07. The average molecular weight is 207 g/mol. The van der Waals surface area contributed by atoms with E-state index < -0.39 is 0 Å². The first kappa shape index (κ1) is 11.7. The van der Waals surface area contributed by atoms with Gasteiger partial charge >= 0.3 is 0 Å². The van der Waals surface area contributed by atoms with Gasteiger partial charge in [-0.1, -0.05) is 18.2 Å². The lowest BCUT2D eigenvalue weighted by Crippen LogP contribution is -1.81. The van der Waals surface area contributed by atoms with Crippen LogP contribution in [-0.4, -0.2) is 6.61 Å². The predicted molar refractivity (Wildman–Crippen MR) is 54.3 cm³/mol. The second kappa shape index (κ2) is 7.35. The summed E-state index contributed by atoms with van der Waals surface area (Å²) in [5, 5.41) is 0. The topological polar surface area (TPSA) is 18.5 Å². The van der Waals surface area contributed by atoms with Gasteiger partial charge in [0, 0.05) is 0 Å². The smallest absolute Gasteiger partial charge is 0.215 e. The maximum atomic E-state index is 5.25. The summed E-state index contributed by atoms with van der Waals surface area (Å²) >= 11 is 0. The number of hydrogen-bond acceptors (Lipinski definition) is 2. The molecule has 12 heavy (non-hydrogen) atoms. The molecule has 0 radical (unpaired) electrons. The Hall–Kier alpha value is -0.300. The zero-order valence-electron chi connectivity index (χ0n) is 6.82. The van der Waals surface area contributed by atoms with Gasteiger partial charge in [0.05, 0.1) is 6.61 Å². The fourth-order valence-corrected chi connectivity index (χ4v) is 1.03. The molecule has 68 valence electrons. The Morgan fingerprint density at radius 1 is 1.25 bits per heavy atom. The molecule has 0 saturated carbocycles. The van der Waals surface area contributed by atoms with Crippen LogP contribution in [-0.2, 0) is 4.52 Å². The number of halogens is 1. The van der Waals surface area contributed by atoms with Crippen LogP contribution >= 0.6 is 21.4 Å². The van der Waals surface area contributed by atoms with Crippen molar-refractivity contribution in [3.05, 3.63) is 30.3 Å². The Balaban J connectivity index is 0.00000121.